The fraction of sp³-hybridized carbons (Fsp3) is 0.500. The lowest BCUT2D eigenvalue weighted by atomic mass is 9.70. The van der Waals surface area contributed by atoms with E-state index >= 15 is 0 Å². The molecule has 0 aliphatic heterocycles. The zero-order chi connectivity index (χ0) is 26.5. The number of halogens is 3. The third kappa shape index (κ3) is 5.22. The third-order valence-electron chi connectivity index (χ3n) is 7.21. The number of methoxy groups -OCH3 is 1. The number of carbonyl (C=O) groups is 1. The molecule has 0 radical (unpaired) electrons. The van der Waals surface area contributed by atoms with Gasteiger partial charge in [0.1, 0.15) is 11.6 Å². The van der Waals surface area contributed by atoms with E-state index in [-0.39, 0.29) is 17.2 Å². The van der Waals surface area contributed by atoms with Gasteiger partial charge in [-0.3, -0.25) is 0 Å². The van der Waals surface area contributed by atoms with Crippen molar-refractivity contribution in [3.63, 3.8) is 0 Å². The summed E-state index contributed by atoms with van der Waals surface area (Å²) in [6, 6.07) is 11.6. The lowest BCUT2D eigenvalue weighted by molar-refractivity contribution is -0.274. The third-order valence-corrected chi connectivity index (χ3v) is 7.21. The maximum atomic E-state index is 12.7. The molecule has 0 unspecified atom stereocenters. The van der Waals surface area contributed by atoms with Crippen LogP contribution in [0.1, 0.15) is 81.7 Å². The van der Waals surface area contributed by atoms with Crippen LogP contribution in [0, 0.1) is 11.3 Å². The Hall–Kier alpha value is -3.03. The number of benzene rings is 2. The summed E-state index contributed by atoms with van der Waals surface area (Å²) in [5.74, 6) is 0.639. The number of hydrogen-bond donors (Lipinski definition) is 0. The Balaban J connectivity index is 1.85. The second kappa shape index (κ2) is 9.12. The van der Waals surface area contributed by atoms with Crippen molar-refractivity contribution in [1.82, 2.24) is 9.55 Å². The largest absolute Gasteiger partial charge is 0.573 e. The first-order chi connectivity index (χ1) is 16.7. The first-order valence-electron chi connectivity index (χ1n) is 12.2. The van der Waals surface area contributed by atoms with Crippen molar-refractivity contribution in [3.8, 4) is 5.75 Å². The molecule has 1 fully saturated rings. The van der Waals surface area contributed by atoms with E-state index in [9.17, 15) is 18.0 Å². The Morgan fingerprint density at radius 3 is 2.33 bits per heavy atom. The van der Waals surface area contributed by atoms with Crippen LogP contribution in [0.15, 0.2) is 42.5 Å². The Morgan fingerprint density at radius 1 is 1.08 bits per heavy atom. The molecule has 2 atom stereocenters. The number of hydrogen-bond acceptors (Lipinski definition) is 4. The van der Waals surface area contributed by atoms with Gasteiger partial charge in [0.2, 0.25) is 0 Å². The summed E-state index contributed by atoms with van der Waals surface area (Å²) in [6.07, 6.45) is -1.63. The molecule has 4 rings (SSSR count). The molecule has 1 aliphatic rings. The molecule has 1 heterocycles. The maximum absolute atomic E-state index is 12.7. The quantitative estimate of drug-likeness (QED) is 0.340. The molecule has 1 aliphatic carbocycles. The van der Waals surface area contributed by atoms with Gasteiger partial charge < -0.3 is 14.0 Å². The predicted octanol–water partition coefficient (Wildman–Crippen LogP) is 7.43. The molecule has 0 bridgehead atoms. The van der Waals surface area contributed by atoms with Crippen molar-refractivity contribution >= 4 is 17.0 Å². The van der Waals surface area contributed by atoms with Gasteiger partial charge in [-0.25, -0.2) is 9.78 Å². The second-order valence-electron chi connectivity index (χ2n) is 11.3. The van der Waals surface area contributed by atoms with Gasteiger partial charge in [0.25, 0.3) is 0 Å². The van der Waals surface area contributed by atoms with E-state index in [0.717, 1.165) is 36.2 Å². The molecule has 194 valence electrons. The Morgan fingerprint density at radius 2 is 1.75 bits per heavy atom. The van der Waals surface area contributed by atoms with E-state index in [1.807, 2.05) is 19.9 Å². The molecule has 2 aromatic carbocycles. The van der Waals surface area contributed by atoms with Gasteiger partial charge in [0, 0.05) is 11.5 Å². The summed E-state index contributed by atoms with van der Waals surface area (Å²) in [7, 11) is 1.34. The Labute approximate surface area is 209 Å². The number of imidazole rings is 1. The van der Waals surface area contributed by atoms with Crippen LogP contribution in [-0.2, 0) is 10.2 Å². The van der Waals surface area contributed by atoms with Crippen molar-refractivity contribution in [3.05, 3.63) is 59.4 Å². The summed E-state index contributed by atoms with van der Waals surface area (Å²) < 4.78 is 49.2. The highest BCUT2D eigenvalue weighted by atomic mass is 19.4. The number of fused-ring (bicyclic) bond motifs is 1. The number of rotatable bonds is 5. The van der Waals surface area contributed by atoms with Gasteiger partial charge in [-0.05, 0) is 80.3 Å². The normalized spacial score (nSPS) is 20.4. The van der Waals surface area contributed by atoms with E-state index in [2.05, 4.69) is 30.1 Å². The van der Waals surface area contributed by atoms with Gasteiger partial charge >= 0.3 is 12.3 Å². The van der Waals surface area contributed by atoms with Crippen LogP contribution in [0.2, 0.25) is 0 Å². The molecule has 8 heteroatoms. The monoisotopic (exact) mass is 502 g/mol. The van der Waals surface area contributed by atoms with Crippen molar-refractivity contribution < 1.29 is 27.4 Å². The molecule has 0 N–H and O–H groups in total. The minimum Gasteiger partial charge on any atom is -0.465 e. The molecule has 0 amide bonds. The zero-order valence-electron chi connectivity index (χ0n) is 21.6. The standard InChI is InChI=1S/C28H33F3N2O3/c1-17-13-20(16-26(2,3)15-17)33-23-12-7-18(24(34)35-6)14-22(23)32-25(33)27(4,5)19-8-10-21(11-9-19)36-28(29,30)31/h7-12,14,17,20H,13,15-16H2,1-6H3/t17-,20+/m0/s1. The fourth-order valence-electron chi connectivity index (χ4n) is 5.85. The Kier molecular flexibility index (Phi) is 6.60. The number of nitrogens with zero attached hydrogens (tertiary/aromatic N) is 2. The molecule has 3 aromatic rings. The molecule has 5 nitrogen and oxygen atoms in total. The van der Waals surface area contributed by atoms with E-state index in [4.69, 9.17) is 9.72 Å². The topological polar surface area (TPSA) is 53.4 Å². The lowest BCUT2D eigenvalue weighted by Crippen LogP contribution is -2.33. The van der Waals surface area contributed by atoms with E-state index in [1.165, 1.54) is 19.2 Å². The average molecular weight is 503 g/mol. The lowest BCUT2D eigenvalue weighted by Gasteiger charge is -2.41. The molecule has 36 heavy (non-hydrogen) atoms. The number of aromatic nitrogens is 2. The van der Waals surface area contributed by atoms with E-state index in [0.29, 0.717) is 17.0 Å². The number of ether oxygens (including phenoxy) is 2. The SMILES string of the molecule is COC(=O)c1ccc2c(c1)nc(C(C)(C)c1ccc(OC(F)(F)F)cc1)n2[C@@H]1C[C@H](C)CC(C)(C)C1. The smallest absolute Gasteiger partial charge is 0.465 e. The van der Waals surface area contributed by atoms with Crippen LogP contribution >= 0.6 is 0 Å². The first-order valence-corrected chi connectivity index (χ1v) is 12.2. The summed E-state index contributed by atoms with van der Waals surface area (Å²) >= 11 is 0. The molecule has 0 spiro atoms. The molecular weight excluding hydrogens is 469 g/mol. The Bertz CT molecular complexity index is 1260. The minimum atomic E-state index is -4.74. The van der Waals surface area contributed by atoms with Crippen LogP contribution < -0.4 is 4.74 Å². The van der Waals surface area contributed by atoms with E-state index in [1.54, 1.807) is 24.3 Å². The highest BCUT2D eigenvalue weighted by Crippen LogP contribution is 2.47. The second-order valence-corrected chi connectivity index (χ2v) is 11.3. The van der Waals surface area contributed by atoms with Gasteiger partial charge in [-0.2, -0.15) is 0 Å². The van der Waals surface area contributed by atoms with Gasteiger partial charge in [-0.1, -0.05) is 32.9 Å². The molecule has 1 saturated carbocycles. The van der Waals surface area contributed by atoms with E-state index < -0.39 is 17.7 Å². The predicted molar refractivity (Wildman–Crippen MR) is 132 cm³/mol. The van der Waals surface area contributed by atoms with Gasteiger partial charge in [-0.15, -0.1) is 13.2 Å². The van der Waals surface area contributed by atoms with Crippen molar-refractivity contribution in [1.29, 1.82) is 0 Å². The van der Waals surface area contributed by atoms with Crippen molar-refractivity contribution in [2.75, 3.05) is 7.11 Å². The van der Waals surface area contributed by atoms with Crippen LogP contribution in [0.3, 0.4) is 0 Å². The van der Waals surface area contributed by atoms with Crippen LogP contribution in [0.25, 0.3) is 11.0 Å². The van der Waals surface area contributed by atoms with Crippen LogP contribution in [-0.4, -0.2) is 29.0 Å². The average Bonchev–Trinajstić information content (AvgIpc) is 3.16. The van der Waals surface area contributed by atoms with Crippen LogP contribution in [0.4, 0.5) is 13.2 Å². The highest BCUT2D eigenvalue weighted by molar-refractivity contribution is 5.93. The number of alkyl halides is 3. The summed E-state index contributed by atoms with van der Waals surface area (Å²) in [6.45, 7) is 10.9. The summed E-state index contributed by atoms with van der Waals surface area (Å²) in [4.78, 5) is 17.2. The van der Waals surface area contributed by atoms with Gasteiger partial charge in [0.15, 0.2) is 0 Å². The first kappa shape index (κ1) is 26.0. The summed E-state index contributed by atoms with van der Waals surface area (Å²) in [5.41, 5.74) is 2.37. The molecule has 0 saturated heterocycles. The van der Waals surface area contributed by atoms with Gasteiger partial charge in [0.05, 0.1) is 23.7 Å². The van der Waals surface area contributed by atoms with Crippen molar-refractivity contribution in [2.24, 2.45) is 11.3 Å². The maximum Gasteiger partial charge on any atom is 0.573 e. The summed E-state index contributed by atoms with van der Waals surface area (Å²) in [5, 5.41) is 0. The zero-order valence-corrected chi connectivity index (χ0v) is 21.6. The number of esters is 1. The molecule has 1 aromatic heterocycles. The van der Waals surface area contributed by atoms with Crippen molar-refractivity contribution in [2.45, 2.75) is 71.7 Å². The minimum absolute atomic E-state index is 0.156. The highest BCUT2D eigenvalue weighted by Gasteiger charge is 2.38. The van der Waals surface area contributed by atoms with Crippen LogP contribution in [0.5, 0.6) is 5.75 Å². The fourth-order valence-corrected chi connectivity index (χ4v) is 5.85. The molecular formula is C28H33F3N2O3. The number of carbonyl (C=O) groups excluding carboxylic acids is 1.